The number of ether oxygens (including phenoxy) is 2. The van der Waals surface area contributed by atoms with E-state index < -0.39 is 12.0 Å². The number of carbonyl (C=O) groups excluding carboxylic acids is 2. The predicted octanol–water partition coefficient (Wildman–Crippen LogP) is 3.17. The Balaban J connectivity index is 1.90. The lowest BCUT2D eigenvalue weighted by Gasteiger charge is -2.36. The summed E-state index contributed by atoms with van der Waals surface area (Å²) in [5.74, 6) is -0.561. The van der Waals surface area contributed by atoms with Gasteiger partial charge in [0, 0.05) is 30.9 Å². The molecule has 0 bridgehead atoms. The van der Waals surface area contributed by atoms with Gasteiger partial charge in [0.1, 0.15) is 6.61 Å². The Morgan fingerprint density at radius 3 is 2.79 bits per heavy atom. The van der Waals surface area contributed by atoms with Crippen LogP contribution in [0.3, 0.4) is 0 Å². The number of nitrogens with one attached hydrogen (secondary N) is 1. The Kier molecular flexibility index (Phi) is 8.96. The van der Waals surface area contributed by atoms with E-state index in [9.17, 15) is 9.59 Å². The number of thioether (sulfide) groups is 1. The first-order valence-electron chi connectivity index (χ1n) is 10.6. The average Bonchev–Trinajstić information content (AvgIpc) is 3.14. The SMILES string of the molecule is COCCOC(=O)C1=C(C)N=C2SC=C(CC(=O)NCCN(C)C)N2C1c1cccc(Cl)c1. The molecule has 0 saturated carbocycles. The quantitative estimate of drug-likeness (QED) is 0.396. The molecule has 1 atom stereocenters. The van der Waals surface area contributed by atoms with Crippen LogP contribution < -0.4 is 5.32 Å². The number of likely N-dealkylation sites (N-methyl/N-ethyl adjacent to an activating group) is 1. The fraction of sp³-hybridized carbons (Fsp3) is 0.435. The Bertz CT molecular complexity index is 992. The molecule has 2 aliphatic rings. The van der Waals surface area contributed by atoms with Crippen LogP contribution in [0.2, 0.25) is 5.02 Å². The number of nitrogens with zero attached hydrogens (tertiary/aromatic N) is 3. The summed E-state index contributed by atoms with van der Waals surface area (Å²) < 4.78 is 10.5. The number of amidine groups is 1. The smallest absolute Gasteiger partial charge is 0.338 e. The maximum absolute atomic E-state index is 13.1. The summed E-state index contributed by atoms with van der Waals surface area (Å²) in [6.45, 7) is 3.53. The number of halogens is 1. The van der Waals surface area contributed by atoms with E-state index in [1.165, 1.54) is 11.8 Å². The maximum atomic E-state index is 13.1. The van der Waals surface area contributed by atoms with Crippen molar-refractivity contribution in [3.63, 3.8) is 0 Å². The number of methoxy groups -OCH3 is 1. The lowest BCUT2D eigenvalue weighted by Crippen LogP contribution is -2.38. The van der Waals surface area contributed by atoms with Crippen molar-refractivity contribution in [2.75, 3.05) is 47.5 Å². The lowest BCUT2D eigenvalue weighted by atomic mass is 9.94. The van der Waals surface area contributed by atoms with E-state index in [0.717, 1.165) is 17.8 Å². The minimum atomic E-state index is -0.512. The predicted molar refractivity (Wildman–Crippen MR) is 131 cm³/mol. The van der Waals surface area contributed by atoms with Crippen molar-refractivity contribution < 1.29 is 19.1 Å². The fourth-order valence-electron chi connectivity index (χ4n) is 3.56. The molecule has 33 heavy (non-hydrogen) atoms. The number of allylic oxidation sites excluding steroid dienone is 1. The van der Waals surface area contributed by atoms with Crippen LogP contribution in [0, 0.1) is 0 Å². The van der Waals surface area contributed by atoms with Gasteiger partial charge in [-0.05, 0) is 44.1 Å². The molecule has 8 nitrogen and oxygen atoms in total. The fourth-order valence-corrected chi connectivity index (χ4v) is 4.73. The van der Waals surface area contributed by atoms with Crippen LogP contribution in [0.4, 0.5) is 0 Å². The molecule has 0 radical (unpaired) electrons. The van der Waals surface area contributed by atoms with E-state index in [0.29, 0.717) is 34.6 Å². The summed E-state index contributed by atoms with van der Waals surface area (Å²) in [4.78, 5) is 34.3. The monoisotopic (exact) mass is 492 g/mol. The minimum Gasteiger partial charge on any atom is -0.460 e. The van der Waals surface area contributed by atoms with Crippen LogP contribution in [0.15, 0.2) is 51.6 Å². The van der Waals surface area contributed by atoms with Crippen LogP contribution in [0.1, 0.15) is 24.9 Å². The number of fused-ring (bicyclic) bond motifs is 1. The Morgan fingerprint density at radius 2 is 2.09 bits per heavy atom. The van der Waals surface area contributed by atoms with Crippen molar-refractivity contribution in [3.8, 4) is 0 Å². The topological polar surface area (TPSA) is 83.5 Å². The summed E-state index contributed by atoms with van der Waals surface area (Å²) in [6, 6.07) is 6.84. The van der Waals surface area contributed by atoms with E-state index in [1.54, 1.807) is 20.1 Å². The molecule has 10 heteroatoms. The molecule has 178 valence electrons. The Morgan fingerprint density at radius 1 is 1.30 bits per heavy atom. The van der Waals surface area contributed by atoms with Crippen molar-refractivity contribution in [1.29, 1.82) is 0 Å². The van der Waals surface area contributed by atoms with E-state index in [2.05, 4.69) is 10.3 Å². The molecular formula is C23H29ClN4O4S. The van der Waals surface area contributed by atoms with Crippen LogP contribution >= 0.6 is 23.4 Å². The Labute approximate surface area is 203 Å². The standard InChI is InChI=1S/C23H29ClN4O4S/c1-15-20(22(30)32-11-10-31-4)21(16-6-5-7-17(24)12-16)28-18(14-33-23(28)26-15)13-19(29)25-8-9-27(2)3/h5-7,12,14,21H,8-11,13H2,1-4H3,(H,25,29). The number of amides is 1. The van der Waals surface area contributed by atoms with Crippen molar-refractivity contribution in [2.45, 2.75) is 19.4 Å². The molecule has 3 rings (SSSR count). The van der Waals surface area contributed by atoms with Crippen molar-refractivity contribution >= 4 is 40.4 Å². The molecule has 1 aromatic carbocycles. The number of carbonyl (C=O) groups is 2. The number of esters is 1. The number of benzene rings is 1. The highest BCUT2D eigenvalue weighted by molar-refractivity contribution is 8.16. The van der Waals surface area contributed by atoms with Gasteiger partial charge in [-0.1, -0.05) is 35.5 Å². The summed E-state index contributed by atoms with van der Waals surface area (Å²) in [6.07, 6.45) is 0.168. The van der Waals surface area contributed by atoms with Crippen LogP contribution in [0.5, 0.6) is 0 Å². The third-order valence-corrected chi connectivity index (χ3v) is 6.25. The van der Waals surface area contributed by atoms with Gasteiger partial charge >= 0.3 is 5.97 Å². The molecule has 1 unspecified atom stereocenters. The molecule has 1 amide bonds. The molecule has 0 fully saturated rings. The van der Waals surface area contributed by atoms with Gasteiger partial charge in [0.2, 0.25) is 5.91 Å². The van der Waals surface area contributed by atoms with Crippen molar-refractivity contribution in [3.05, 3.63) is 57.2 Å². The van der Waals surface area contributed by atoms with Gasteiger partial charge in [0.25, 0.3) is 0 Å². The molecule has 1 aromatic rings. The zero-order chi connectivity index (χ0) is 24.0. The highest BCUT2D eigenvalue weighted by Gasteiger charge is 2.41. The molecule has 0 aliphatic carbocycles. The van der Waals surface area contributed by atoms with E-state index in [1.807, 2.05) is 47.5 Å². The zero-order valence-corrected chi connectivity index (χ0v) is 20.8. The van der Waals surface area contributed by atoms with Gasteiger partial charge < -0.3 is 24.6 Å². The number of hydrogen-bond donors (Lipinski definition) is 1. The molecule has 0 aromatic heterocycles. The second-order valence-corrected chi connectivity index (χ2v) is 9.18. The van der Waals surface area contributed by atoms with Gasteiger partial charge in [-0.2, -0.15) is 0 Å². The molecular weight excluding hydrogens is 464 g/mol. The molecule has 0 saturated heterocycles. The molecule has 0 spiro atoms. The Hall–Kier alpha value is -2.33. The third-order valence-electron chi connectivity index (χ3n) is 5.13. The van der Waals surface area contributed by atoms with Crippen molar-refractivity contribution in [1.82, 2.24) is 15.1 Å². The van der Waals surface area contributed by atoms with Gasteiger partial charge in [-0.25, -0.2) is 9.79 Å². The zero-order valence-electron chi connectivity index (χ0n) is 19.3. The normalized spacial score (nSPS) is 17.6. The molecule has 2 heterocycles. The van der Waals surface area contributed by atoms with Crippen molar-refractivity contribution in [2.24, 2.45) is 4.99 Å². The van der Waals surface area contributed by atoms with Gasteiger partial charge in [-0.15, -0.1) is 0 Å². The van der Waals surface area contributed by atoms with E-state index in [4.69, 9.17) is 21.1 Å². The largest absolute Gasteiger partial charge is 0.460 e. The lowest BCUT2D eigenvalue weighted by molar-refractivity contribution is -0.141. The molecule has 1 N–H and O–H groups in total. The van der Waals surface area contributed by atoms with Gasteiger partial charge in [0.15, 0.2) is 5.17 Å². The number of rotatable bonds is 10. The summed E-state index contributed by atoms with van der Waals surface area (Å²) in [7, 11) is 5.46. The highest BCUT2D eigenvalue weighted by Crippen LogP contribution is 2.45. The summed E-state index contributed by atoms with van der Waals surface area (Å²) in [5, 5.41) is 6.12. The minimum absolute atomic E-state index is 0.0923. The van der Waals surface area contributed by atoms with E-state index in [-0.39, 0.29) is 18.9 Å². The first-order chi connectivity index (χ1) is 15.8. The highest BCUT2D eigenvalue weighted by atomic mass is 35.5. The first-order valence-corrected chi connectivity index (χ1v) is 11.8. The third kappa shape index (κ3) is 6.38. The molecule has 2 aliphatic heterocycles. The first kappa shape index (κ1) is 25.3. The van der Waals surface area contributed by atoms with Crippen LogP contribution in [-0.4, -0.2) is 74.4 Å². The average molecular weight is 493 g/mol. The number of hydrogen-bond acceptors (Lipinski definition) is 8. The second-order valence-electron chi connectivity index (χ2n) is 7.91. The van der Waals surface area contributed by atoms with E-state index >= 15 is 0 Å². The van der Waals surface area contributed by atoms with Gasteiger partial charge in [-0.3, -0.25) is 4.79 Å². The maximum Gasteiger partial charge on any atom is 0.338 e. The van der Waals surface area contributed by atoms with Crippen LogP contribution in [0.25, 0.3) is 0 Å². The number of aliphatic imine (C=N–C) groups is 1. The summed E-state index contributed by atoms with van der Waals surface area (Å²) >= 11 is 7.72. The van der Waals surface area contributed by atoms with Gasteiger partial charge in [0.05, 0.1) is 30.3 Å². The van der Waals surface area contributed by atoms with Crippen LogP contribution in [-0.2, 0) is 19.1 Å². The summed E-state index contributed by atoms with van der Waals surface area (Å²) in [5.41, 5.74) is 2.57. The second kappa shape index (κ2) is 11.7.